The molecule has 21 heavy (non-hydrogen) atoms. The van der Waals surface area contributed by atoms with Gasteiger partial charge in [-0.25, -0.2) is 0 Å². The van der Waals surface area contributed by atoms with Crippen LogP contribution in [0.2, 0.25) is 0 Å². The van der Waals surface area contributed by atoms with E-state index in [1.54, 1.807) is 6.20 Å². The molecule has 2 heterocycles. The van der Waals surface area contributed by atoms with Crippen molar-refractivity contribution >= 4 is 5.91 Å². The van der Waals surface area contributed by atoms with E-state index in [4.69, 9.17) is 4.74 Å². The molecule has 0 unspecified atom stereocenters. The Kier molecular flexibility index (Phi) is 3.98. The number of hydrogen-bond acceptors (Lipinski definition) is 3. The van der Waals surface area contributed by atoms with Gasteiger partial charge in [-0.2, -0.15) is 0 Å². The minimum absolute atomic E-state index is 0.123. The summed E-state index contributed by atoms with van der Waals surface area (Å²) in [6.07, 6.45) is 6.72. The van der Waals surface area contributed by atoms with Crippen molar-refractivity contribution in [3.05, 3.63) is 29.6 Å². The molecule has 0 atom stereocenters. The van der Waals surface area contributed by atoms with Crippen LogP contribution in [-0.4, -0.2) is 41.6 Å². The Labute approximate surface area is 126 Å². The molecule has 1 aliphatic carbocycles. The Bertz CT molecular complexity index is 496. The second kappa shape index (κ2) is 5.76. The lowest BCUT2D eigenvalue weighted by Crippen LogP contribution is -2.51. The van der Waals surface area contributed by atoms with Gasteiger partial charge < -0.3 is 9.64 Å². The van der Waals surface area contributed by atoms with E-state index in [1.165, 1.54) is 12.8 Å². The zero-order chi connectivity index (χ0) is 14.9. The fourth-order valence-corrected chi connectivity index (χ4v) is 3.63. The zero-order valence-electron chi connectivity index (χ0n) is 13.0. The lowest BCUT2D eigenvalue weighted by molar-refractivity contribution is -0.0980. The van der Waals surface area contributed by atoms with Crippen LogP contribution in [0.15, 0.2) is 18.3 Å². The van der Waals surface area contributed by atoms with Crippen molar-refractivity contribution in [2.75, 3.05) is 19.7 Å². The third-order valence-electron chi connectivity index (χ3n) is 4.99. The standard InChI is InChI=1S/C17H24N2O2/c1-3-21-15-10-17(11-15)6-8-19(9-7-17)16(20)14-5-4-13(2)18-12-14/h4-5,12,15H,3,6-11H2,1-2H3. The quantitative estimate of drug-likeness (QED) is 0.859. The van der Waals surface area contributed by atoms with Crippen LogP contribution in [0.5, 0.6) is 0 Å². The molecule has 0 N–H and O–H groups in total. The zero-order valence-corrected chi connectivity index (χ0v) is 13.0. The second-order valence-corrected chi connectivity index (χ2v) is 6.47. The lowest BCUT2D eigenvalue weighted by Gasteiger charge is -2.51. The molecule has 2 fully saturated rings. The Hall–Kier alpha value is -1.42. The van der Waals surface area contributed by atoms with Gasteiger partial charge in [0.2, 0.25) is 0 Å². The van der Waals surface area contributed by atoms with Crippen molar-refractivity contribution in [2.24, 2.45) is 5.41 Å². The lowest BCUT2D eigenvalue weighted by atomic mass is 9.61. The largest absolute Gasteiger partial charge is 0.378 e. The van der Waals surface area contributed by atoms with Gasteiger partial charge in [0.25, 0.3) is 5.91 Å². The number of rotatable bonds is 3. The van der Waals surface area contributed by atoms with Gasteiger partial charge in [-0.15, -0.1) is 0 Å². The summed E-state index contributed by atoms with van der Waals surface area (Å²) < 4.78 is 5.67. The van der Waals surface area contributed by atoms with Crippen molar-refractivity contribution in [2.45, 2.75) is 45.6 Å². The van der Waals surface area contributed by atoms with Gasteiger partial charge in [0, 0.05) is 31.6 Å². The van der Waals surface area contributed by atoms with Gasteiger partial charge in [-0.3, -0.25) is 9.78 Å². The maximum atomic E-state index is 12.5. The van der Waals surface area contributed by atoms with Crippen LogP contribution in [0.3, 0.4) is 0 Å². The van der Waals surface area contributed by atoms with Crippen molar-refractivity contribution < 1.29 is 9.53 Å². The molecule has 1 saturated heterocycles. The molecule has 0 aromatic carbocycles. The topological polar surface area (TPSA) is 42.4 Å². The van der Waals surface area contributed by atoms with Crippen molar-refractivity contribution in [1.82, 2.24) is 9.88 Å². The Morgan fingerprint density at radius 3 is 2.67 bits per heavy atom. The summed E-state index contributed by atoms with van der Waals surface area (Å²) in [6.45, 7) is 6.54. The van der Waals surface area contributed by atoms with Gasteiger partial charge in [0.15, 0.2) is 0 Å². The first kappa shape index (κ1) is 14.5. The van der Waals surface area contributed by atoms with Crippen LogP contribution in [0.4, 0.5) is 0 Å². The highest BCUT2D eigenvalue weighted by Crippen LogP contribution is 2.50. The van der Waals surface area contributed by atoms with Crippen molar-refractivity contribution in [1.29, 1.82) is 0 Å². The van der Waals surface area contributed by atoms with Crippen LogP contribution in [0, 0.1) is 12.3 Å². The number of hydrogen-bond donors (Lipinski definition) is 0. The van der Waals surface area contributed by atoms with Crippen molar-refractivity contribution in [3.63, 3.8) is 0 Å². The number of piperidine rings is 1. The highest BCUT2D eigenvalue weighted by Gasteiger charge is 2.46. The molecule has 1 aromatic rings. The SMILES string of the molecule is CCOC1CC2(CCN(C(=O)c3ccc(C)nc3)CC2)C1. The van der Waals surface area contributed by atoms with E-state index in [-0.39, 0.29) is 5.91 Å². The Balaban J connectivity index is 1.54. The normalized spacial score (nSPS) is 21.3. The first-order valence-corrected chi connectivity index (χ1v) is 7.95. The minimum Gasteiger partial charge on any atom is -0.378 e. The summed E-state index contributed by atoms with van der Waals surface area (Å²) in [5.74, 6) is 0.123. The van der Waals surface area contributed by atoms with Crippen molar-refractivity contribution in [3.8, 4) is 0 Å². The number of carbonyl (C=O) groups excluding carboxylic acids is 1. The summed E-state index contributed by atoms with van der Waals surface area (Å²) in [7, 11) is 0. The maximum absolute atomic E-state index is 12.5. The van der Waals surface area contributed by atoms with Crippen LogP contribution in [0.25, 0.3) is 0 Å². The van der Waals surface area contributed by atoms with Gasteiger partial charge in [0.05, 0.1) is 11.7 Å². The summed E-state index contributed by atoms with van der Waals surface area (Å²) in [5, 5.41) is 0. The molecule has 0 bridgehead atoms. The summed E-state index contributed by atoms with van der Waals surface area (Å²) in [5.41, 5.74) is 2.10. The van der Waals surface area contributed by atoms with E-state index < -0.39 is 0 Å². The first-order valence-electron chi connectivity index (χ1n) is 7.95. The first-order chi connectivity index (χ1) is 10.1. The van der Waals surface area contributed by atoms with Gasteiger partial charge in [0.1, 0.15) is 0 Å². The number of amides is 1. The molecule has 1 saturated carbocycles. The molecule has 114 valence electrons. The number of aryl methyl sites for hydroxylation is 1. The van der Waals surface area contributed by atoms with Crippen LogP contribution in [-0.2, 0) is 4.74 Å². The molecule has 1 spiro atoms. The Morgan fingerprint density at radius 1 is 1.38 bits per heavy atom. The molecule has 4 heteroatoms. The second-order valence-electron chi connectivity index (χ2n) is 6.47. The predicted molar refractivity (Wildman–Crippen MR) is 81.2 cm³/mol. The van der Waals surface area contributed by atoms with E-state index in [0.717, 1.165) is 38.2 Å². The molecular weight excluding hydrogens is 264 g/mol. The molecule has 1 aromatic heterocycles. The van der Waals surface area contributed by atoms with E-state index in [9.17, 15) is 4.79 Å². The average Bonchev–Trinajstić information content (AvgIpc) is 2.47. The molecular formula is C17H24N2O2. The number of nitrogens with zero attached hydrogens (tertiary/aromatic N) is 2. The van der Waals surface area contributed by atoms with E-state index in [1.807, 2.05) is 24.0 Å². The van der Waals surface area contributed by atoms with E-state index in [2.05, 4.69) is 11.9 Å². The number of likely N-dealkylation sites (tertiary alicyclic amines) is 1. The molecule has 1 aliphatic heterocycles. The molecule has 4 nitrogen and oxygen atoms in total. The molecule has 3 rings (SSSR count). The molecule has 1 amide bonds. The van der Waals surface area contributed by atoms with E-state index in [0.29, 0.717) is 17.1 Å². The number of pyridine rings is 1. The number of ether oxygens (including phenoxy) is 1. The van der Waals surface area contributed by atoms with Crippen LogP contribution >= 0.6 is 0 Å². The monoisotopic (exact) mass is 288 g/mol. The fourth-order valence-electron chi connectivity index (χ4n) is 3.63. The average molecular weight is 288 g/mol. The third kappa shape index (κ3) is 2.95. The highest BCUT2D eigenvalue weighted by atomic mass is 16.5. The highest BCUT2D eigenvalue weighted by molar-refractivity contribution is 5.94. The van der Waals surface area contributed by atoms with Gasteiger partial charge >= 0.3 is 0 Å². The maximum Gasteiger partial charge on any atom is 0.255 e. The fraction of sp³-hybridized carbons (Fsp3) is 0.647. The van der Waals surface area contributed by atoms with Crippen LogP contribution < -0.4 is 0 Å². The van der Waals surface area contributed by atoms with Gasteiger partial charge in [-0.1, -0.05) is 0 Å². The van der Waals surface area contributed by atoms with Gasteiger partial charge in [-0.05, 0) is 57.1 Å². The third-order valence-corrected chi connectivity index (χ3v) is 4.99. The van der Waals surface area contributed by atoms with E-state index >= 15 is 0 Å². The molecule has 0 radical (unpaired) electrons. The predicted octanol–water partition coefficient (Wildman–Crippen LogP) is 2.81. The summed E-state index contributed by atoms with van der Waals surface area (Å²) >= 11 is 0. The smallest absolute Gasteiger partial charge is 0.255 e. The minimum atomic E-state index is 0.123. The molecule has 2 aliphatic rings. The number of aromatic nitrogens is 1. The summed E-state index contributed by atoms with van der Waals surface area (Å²) in [6, 6.07) is 3.78. The summed E-state index contributed by atoms with van der Waals surface area (Å²) in [4.78, 5) is 18.7. The van der Waals surface area contributed by atoms with Crippen LogP contribution in [0.1, 0.15) is 48.7 Å². The Morgan fingerprint density at radius 2 is 2.10 bits per heavy atom. The number of carbonyl (C=O) groups is 1.